The molecule has 2 atom stereocenters. The summed E-state index contributed by atoms with van der Waals surface area (Å²) >= 11 is 0. The van der Waals surface area contributed by atoms with Gasteiger partial charge in [-0.1, -0.05) is 54.6 Å². The Morgan fingerprint density at radius 3 is 2.46 bits per heavy atom. The quantitative estimate of drug-likeness (QED) is 0.693. The Balaban J connectivity index is 1.84. The number of hydrogen-bond donors (Lipinski definition) is 0. The summed E-state index contributed by atoms with van der Waals surface area (Å²) in [6, 6.07) is 22.6. The van der Waals surface area contributed by atoms with E-state index in [-0.39, 0.29) is 6.10 Å². The fourth-order valence-electron chi connectivity index (χ4n) is 3.47. The molecule has 2 unspecified atom stereocenters. The molecule has 3 aromatic carbocycles. The Morgan fingerprint density at radius 1 is 0.917 bits per heavy atom. The molecule has 3 heteroatoms. The smallest absolute Gasteiger partial charge is 0.239 e. The van der Waals surface area contributed by atoms with Crippen LogP contribution < -0.4 is 4.74 Å². The van der Waals surface area contributed by atoms with E-state index in [1.54, 1.807) is 14.2 Å². The Labute approximate surface area is 141 Å². The van der Waals surface area contributed by atoms with Crippen LogP contribution in [-0.4, -0.2) is 14.2 Å². The van der Waals surface area contributed by atoms with Gasteiger partial charge in [-0.25, -0.2) is 0 Å². The summed E-state index contributed by atoms with van der Waals surface area (Å²) in [5.74, 6) is -0.0374. The van der Waals surface area contributed by atoms with Gasteiger partial charge in [-0.15, -0.1) is 0 Å². The molecule has 4 rings (SSSR count). The maximum Gasteiger partial charge on any atom is 0.239 e. The molecule has 1 aliphatic rings. The second kappa shape index (κ2) is 5.93. The van der Waals surface area contributed by atoms with Crippen LogP contribution in [0.3, 0.4) is 0 Å². The lowest BCUT2D eigenvalue weighted by molar-refractivity contribution is -0.206. The van der Waals surface area contributed by atoms with Crippen molar-refractivity contribution in [2.24, 2.45) is 0 Å². The molecule has 0 amide bonds. The summed E-state index contributed by atoms with van der Waals surface area (Å²) in [5.41, 5.74) is 2.06. The highest BCUT2D eigenvalue weighted by Crippen LogP contribution is 2.46. The number of ether oxygens (including phenoxy) is 3. The van der Waals surface area contributed by atoms with E-state index < -0.39 is 5.79 Å². The SMILES string of the molecule is COC1CC(OC)(c2ccc3ccccc3c2)Oc2ccccc21. The minimum absolute atomic E-state index is 0.0682. The van der Waals surface area contributed by atoms with Crippen LogP contribution in [0.4, 0.5) is 0 Å². The molecule has 3 nitrogen and oxygen atoms in total. The predicted molar refractivity (Wildman–Crippen MR) is 94.1 cm³/mol. The average molecular weight is 320 g/mol. The van der Waals surface area contributed by atoms with Gasteiger partial charge in [0.15, 0.2) is 0 Å². The van der Waals surface area contributed by atoms with Crippen molar-refractivity contribution < 1.29 is 14.2 Å². The van der Waals surface area contributed by atoms with Gasteiger partial charge in [0.25, 0.3) is 0 Å². The standard InChI is InChI=1S/C21H20O3/c1-22-20-14-21(23-2,24-19-10-6-5-9-18(19)20)17-12-11-15-7-3-4-8-16(15)13-17/h3-13,20H,14H2,1-2H3. The van der Waals surface area contributed by atoms with Crippen LogP contribution in [0.15, 0.2) is 66.7 Å². The van der Waals surface area contributed by atoms with Crippen molar-refractivity contribution in [1.82, 2.24) is 0 Å². The molecule has 0 aliphatic carbocycles. The summed E-state index contributed by atoms with van der Waals surface area (Å²) in [6.07, 6.45) is 0.538. The molecule has 0 bridgehead atoms. The second-order valence-electron chi connectivity index (χ2n) is 6.09. The van der Waals surface area contributed by atoms with Gasteiger partial charge >= 0.3 is 0 Å². The largest absolute Gasteiger partial charge is 0.458 e. The third kappa shape index (κ3) is 2.37. The first-order valence-electron chi connectivity index (χ1n) is 8.11. The number of para-hydroxylation sites is 1. The van der Waals surface area contributed by atoms with E-state index in [1.165, 1.54) is 10.8 Å². The molecule has 0 fully saturated rings. The van der Waals surface area contributed by atoms with E-state index in [4.69, 9.17) is 14.2 Å². The van der Waals surface area contributed by atoms with Crippen molar-refractivity contribution in [3.63, 3.8) is 0 Å². The van der Waals surface area contributed by atoms with Crippen molar-refractivity contribution in [3.8, 4) is 5.75 Å². The third-order valence-electron chi connectivity index (χ3n) is 4.80. The van der Waals surface area contributed by atoms with Crippen molar-refractivity contribution >= 4 is 10.8 Å². The van der Waals surface area contributed by atoms with Crippen LogP contribution in [0.1, 0.15) is 23.7 Å². The number of rotatable bonds is 3. The number of benzene rings is 3. The van der Waals surface area contributed by atoms with Crippen molar-refractivity contribution in [2.75, 3.05) is 14.2 Å². The molecule has 1 aliphatic heterocycles. The normalized spacial score (nSPS) is 22.8. The first-order chi connectivity index (χ1) is 11.8. The minimum atomic E-state index is -0.848. The van der Waals surface area contributed by atoms with E-state index in [1.807, 2.05) is 36.4 Å². The summed E-state index contributed by atoms with van der Waals surface area (Å²) in [6.45, 7) is 0. The van der Waals surface area contributed by atoms with Crippen molar-refractivity contribution in [1.29, 1.82) is 0 Å². The fraction of sp³-hybridized carbons (Fsp3) is 0.238. The Morgan fingerprint density at radius 2 is 1.67 bits per heavy atom. The zero-order chi connectivity index (χ0) is 16.6. The molecule has 122 valence electrons. The van der Waals surface area contributed by atoms with Gasteiger partial charge in [0.2, 0.25) is 5.79 Å². The Hall–Kier alpha value is -2.36. The molecule has 1 heterocycles. The van der Waals surface area contributed by atoms with Crippen LogP contribution in [0.25, 0.3) is 10.8 Å². The monoisotopic (exact) mass is 320 g/mol. The van der Waals surface area contributed by atoms with E-state index in [0.717, 1.165) is 16.9 Å². The first kappa shape index (κ1) is 15.2. The van der Waals surface area contributed by atoms with E-state index in [9.17, 15) is 0 Å². The Kier molecular flexibility index (Phi) is 3.75. The topological polar surface area (TPSA) is 27.7 Å². The summed E-state index contributed by atoms with van der Waals surface area (Å²) in [7, 11) is 3.42. The van der Waals surface area contributed by atoms with Gasteiger partial charge in [-0.05, 0) is 22.9 Å². The lowest BCUT2D eigenvalue weighted by Gasteiger charge is -2.40. The summed E-state index contributed by atoms with van der Waals surface area (Å²) < 4.78 is 18.0. The molecule has 3 aromatic rings. The van der Waals surface area contributed by atoms with Crippen LogP contribution in [0, 0.1) is 0 Å². The molecular formula is C21H20O3. The highest BCUT2D eigenvalue weighted by atomic mass is 16.7. The summed E-state index contributed by atoms with van der Waals surface area (Å²) in [5, 5.41) is 2.37. The van der Waals surface area contributed by atoms with Gasteiger partial charge in [-0.3, -0.25) is 0 Å². The number of methoxy groups -OCH3 is 2. The molecule has 0 aromatic heterocycles. The number of hydrogen-bond acceptors (Lipinski definition) is 3. The summed E-state index contributed by atoms with van der Waals surface area (Å²) in [4.78, 5) is 0. The molecule has 0 N–H and O–H groups in total. The average Bonchev–Trinajstić information content (AvgIpc) is 2.66. The maximum absolute atomic E-state index is 6.33. The zero-order valence-corrected chi connectivity index (χ0v) is 13.9. The lowest BCUT2D eigenvalue weighted by Crippen LogP contribution is -2.40. The molecular weight excluding hydrogens is 300 g/mol. The van der Waals surface area contributed by atoms with Gasteiger partial charge < -0.3 is 14.2 Å². The van der Waals surface area contributed by atoms with Crippen molar-refractivity contribution in [3.05, 3.63) is 77.9 Å². The van der Waals surface area contributed by atoms with Gasteiger partial charge in [0.1, 0.15) is 5.75 Å². The van der Waals surface area contributed by atoms with Crippen LogP contribution in [-0.2, 0) is 15.3 Å². The highest BCUT2D eigenvalue weighted by Gasteiger charge is 2.43. The van der Waals surface area contributed by atoms with Crippen molar-refractivity contribution in [2.45, 2.75) is 18.3 Å². The number of fused-ring (bicyclic) bond motifs is 2. The van der Waals surface area contributed by atoms with Crippen LogP contribution >= 0.6 is 0 Å². The van der Waals surface area contributed by atoms with Crippen LogP contribution in [0.2, 0.25) is 0 Å². The molecule has 0 radical (unpaired) electrons. The Bertz CT molecular complexity index is 874. The van der Waals surface area contributed by atoms with Gasteiger partial charge in [-0.2, -0.15) is 0 Å². The molecule has 0 saturated carbocycles. The second-order valence-corrected chi connectivity index (χ2v) is 6.09. The molecule has 0 spiro atoms. The van der Waals surface area contributed by atoms with Gasteiger partial charge in [0.05, 0.1) is 6.10 Å². The van der Waals surface area contributed by atoms with E-state index in [2.05, 4.69) is 30.3 Å². The molecule has 24 heavy (non-hydrogen) atoms. The lowest BCUT2D eigenvalue weighted by atomic mass is 9.90. The zero-order valence-electron chi connectivity index (χ0n) is 13.9. The highest BCUT2D eigenvalue weighted by molar-refractivity contribution is 5.83. The fourth-order valence-corrected chi connectivity index (χ4v) is 3.47. The third-order valence-corrected chi connectivity index (χ3v) is 4.80. The van der Waals surface area contributed by atoms with Gasteiger partial charge in [0, 0.05) is 31.8 Å². The predicted octanol–water partition coefficient (Wildman–Crippen LogP) is 4.81. The van der Waals surface area contributed by atoms with E-state index in [0.29, 0.717) is 6.42 Å². The van der Waals surface area contributed by atoms with Crippen LogP contribution in [0.5, 0.6) is 5.75 Å². The first-order valence-corrected chi connectivity index (χ1v) is 8.11. The maximum atomic E-state index is 6.33. The molecule has 0 saturated heterocycles. The minimum Gasteiger partial charge on any atom is -0.458 e. The van der Waals surface area contributed by atoms with E-state index >= 15 is 0 Å².